The van der Waals surface area contributed by atoms with E-state index in [0.29, 0.717) is 6.42 Å². The highest BCUT2D eigenvalue weighted by atomic mass is 16.1. The van der Waals surface area contributed by atoms with Gasteiger partial charge in [0.2, 0.25) is 5.91 Å². The average molecular weight is 191 g/mol. The Morgan fingerprint density at radius 1 is 1.29 bits per heavy atom. The first kappa shape index (κ1) is 9.50. The molecule has 1 heterocycles. The molecule has 0 saturated heterocycles. The summed E-state index contributed by atoms with van der Waals surface area (Å²) in [5.74, 6) is 0.160. The fourth-order valence-electron chi connectivity index (χ4n) is 2.18. The monoisotopic (exact) mass is 191 g/mol. The van der Waals surface area contributed by atoms with Crippen LogP contribution in [0, 0.1) is 0 Å². The van der Waals surface area contributed by atoms with E-state index in [0.717, 1.165) is 12.8 Å². The SMILES string of the molecule is C/C1=C/CC2=C(CCCC2)NC(=O)C1. The van der Waals surface area contributed by atoms with Crippen LogP contribution in [0.4, 0.5) is 0 Å². The van der Waals surface area contributed by atoms with Gasteiger partial charge in [-0.3, -0.25) is 4.79 Å². The standard InChI is InChI=1S/C12H17NO/c1-9-6-7-10-4-2-3-5-11(10)13-12(14)8-9/h6H,2-5,7-8H2,1H3,(H,13,14)/b9-6-. The lowest BCUT2D eigenvalue weighted by atomic mass is 9.92. The highest BCUT2D eigenvalue weighted by Gasteiger charge is 2.16. The van der Waals surface area contributed by atoms with Crippen LogP contribution in [0.25, 0.3) is 0 Å². The Balaban J connectivity index is 2.23. The molecule has 14 heavy (non-hydrogen) atoms. The van der Waals surface area contributed by atoms with Crippen molar-refractivity contribution in [3.05, 3.63) is 22.9 Å². The van der Waals surface area contributed by atoms with Gasteiger partial charge >= 0.3 is 0 Å². The molecule has 0 unspecified atom stereocenters. The van der Waals surface area contributed by atoms with Crippen molar-refractivity contribution in [2.45, 2.75) is 45.4 Å². The molecule has 2 aliphatic rings. The van der Waals surface area contributed by atoms with Crippen molar-refractivity contribution in [1.29, 1.82) is 0 Å². The molecule has 0 saturated carbocycles. The summed E-state index contributed by atoms with van der Waals surface area (Å²) in [6.45, 7) is 2.04. The van der Waals surface area contributed by atoms with Crippen LogP contribution in [0.3, 0.4) is 0 Å². The van der Waals surface area contributed by atoms with Gasteiger partial charge in [0.05, 0.1) is 0 Å². The Kier molecular flexibility index (Phi) is 2.71. The van der Waals surface area contributed by atoms with E-state index in [2.05, 4.69) is 11.4 Å². The molecule has 2 rings (SSSR count). The molecule has 0 aromatic carbocycles. The minimum absolute atomic E-state index is 0.160. The van der Waals surface area contributed by atoms with E-state index in [-0.39, 0.29) is 5.91 Å². The predicted octanol–water partition coefficient (Wildman–Crippen LogP) is 2.67. The molecular weight excluding hydrogens is 174 g/mol. The quantitative estimate of drug-likeness (QED) is 0.586. The van der Waals surface area contributed by atoms with Gasteiger partial charge in [0.1, 0.15) is 0 Å². The van der Waals surface area contributed by atoms with E-state index in [4.69, 9.17) is 0 Å². The molecule has 2 heteroatoms. The van der Waals surface area contributed by atoms with Crippen molar-refractivity contribution in [3.8, 4) is 0 Å². The highest BCUT2D eigenvalue weighted by molar-refractivity contribution is 5.80. The van der Waals surface area contributed by atoms with Crippen LogP contribution in [0.1, 0.15) is 45.4 Å². The van der Waals surface area contributed by atoms with Crippen LogP contribution >= 0.6 is 0 Å². The topological polar surface area (TPSA) is 29.1 Å². The molecule has 1 N–H and O–H groups in total. The Labute approximate surface area is 85.1 Å². The number of hydrogen-bond donors (Lipinski definition) is 1. The molecule has 0 bridgehead atoms. The fourth-order valence-corrected chi connectivity index (χ4v) is 2.18. The lowest BCUT2D eigenvalue weighted by Gasteiger charge is -2.22. The van der Waals surface area contributed by atoms with Gasteiger partial charge in [0.25, 0.3) is 0 Å². The maximum atomic E-state index is 11.5. The van der Waals surface area contributed by atoms with E-state index >= 15 is 0 Å². The Morgan fingerprint density at radius 3 is 2.93 bits per heavy atom. The molecule has 2 nitrogen and oxygen atoms in total. The smallest absolute Gasteiger partial charge is 0.228 e. The first-order chi connectivity index (χ1) is 6.75. The third kappa shape index (κ3) is 2.06. The number of amides is 1. The first-order valence-corrected chi connectivity index (χ1v) is 5.42. The predicted molar refractivity (Wildman–Crippen MR) is 56.6 cm³/mol. The van der Waals surface area contributed by atoms with Crippen LogP contribution < -0.4 is 5.32 Å². The fraction of sp³-hybridized carbons (Fsp3) is 0.583. The molecule has 0 fully saturated rings. The van der Waals surface area contributed by atoms with Crippen LogP contribution in [-0.4, -0.2) is 5.91 Å². The summed E-state index contributed by atoms with van der Waals surface area (Å²) in [4.78, 5) is 11.5. The van der Waals surface area contributed by atoms with Gasteiger partial charge in [-0.2, -0.15) is 0 Å². The Bertz CT molecular complexity index is 312. The third-order valence-corrected chi connectivity index (χ3v) is 3.01. The summed E-state index contributed by atoms with van der Waals surface area (Å²) in [5, 5.41) is 3.05. The minimum atomic E-state index is 0.160. The van der Waals surface area contributed by atoms with Crippen molar-refractivity contribution in [2.75, 3.05) is 0 Å². The lowest BCUT2D eigenvalue weighted by molar-refractivity contribution is -0.119. The van der Waals surface area contributed by atoms with Crippen LogP contribution in [-0.2, 0) is 4.79 Å². The second kappa shape index (κ2) is 3.99. The average Bonchev–Trinajstić information content (AvgIpc) is 2.14. The van der Waals surface area contributed by atoms with E-state index in [1.54, 1.807) is 0 Å². The summed E-state index contributed by atoms with van der Waals surface area (Å²) < 4.78 is 0. The van der Waals surface area contributed by atoms with Gasteiger partial charge in [-0.25, -0.2) is 0 Å². The number of nitrogens with one attached hydrogen (secondary N) is 1. The second-order valence-corrected chi connectivity index (χ2v) is 4.27. The van der Waals surface area contributed by atoms with Gasteiger partial charge in [0.15, 0.2) is 0 Å². The maximum Gasteiger partial charge on any atom is 0.228 e. The normalized spacial score (nSPS) is 26.9. The zero-order chi connectivity index (χ0) is 9.97. The molecule has 76 valence electrons. The van der Waals surface area contributed by atoms with Gasteiger partial charge in [-0.05, 0) is 44.6 Å². The molecule has 1 aliphatic carbocycles. The van der Waals surface area contributed by atoms with Gasteiger partial charge in [0, 0.05) is 12.1 Å². The molecule has 0 atom stereocenters. The van der Waals surface area contributed by atoms with E-state index in [1.807, 2.05) is 6.92 Å². The van der Waals surface area contributed by atoms with Crippen molar-refractivity contribution in [1.82, 2.24) is 5.32 Å². The summed E-state index contributed by atoms with van der Waals surface area (Å²) >= 11 is 0. The second-order valence-electron chi connectivity index (χ2n) is 4.27. The maximum absolute atomic E-state index is 11.5. The summed E-state index contributed by atoms with van der Waals surface area (Å²) in [6.07, 6.45) is 8.55. The van der Waals surface area contributed by atoms with E-state index in [9.17, 15) is 4.79 Å². The van der Waals surface area contributed by atoms with E-state index < -0.39 is 0 Å². The van der Waals surface area contributed by atoms with Crippen molar-refractivity contribution in [2.24, 2.45) is 0 Å². The molecule has 1 aliphatic heterocycles. The minimum Gasteiger partial charge on any atom is -0.330 e. The van der Waals surface area contributed by atoms with Gasteiger partial charge < -0.3 is 5.32 Å². The summed E-state index contributed by atoms with van der Waals surface area (Å²) in [7, 11) is 0. The van der Waals surface area contributed by atoms with Crippen LogP contribution in [0.15, 0.2) is 22.9 Å². The molecule has 0 aromatic rings. The summed E-state index contributed by atoms with van der Waals surface area (Å²) in [6, 6.07) is 0. The first-order valence-electron chi connectivity index (χ1n) is 5.42. The Morgan fingerprint density at radius 2 is 2.07 bits per heavy atom. The van der Waals surface area contributed by atoms with Crippen LogP contribution in [0.2, 0.25) is 0 Å². The highest BCUT2D eigenvalue weighted by Crippen LogP contribution is 2.27. The molecule has 0 radical (unpaired) electrons. The van der Waals surface area contributed by atoms with E-state index in [1.165, 1.54) is 36.1 Å². The largest absolute Gasteiger partial charge is 0.330 e. The van der Waals surface area contributed by atoms with Crippen molar-refractivity contribution < 1.29 is 4.79 Å². The number of rotatable bonds is 0. The lowest BCUT2D eigenvalue weighted by Crippen LogP contribution is -2.26. The molecule has 0 spiro atoms. The van der Waals surface area contributed by atoms with Crippen molar-refractivity contribution >= 4 is 5.91 Å². The number of carbonyl (C=O) groups is 1. The van der Waals surface area contributed by atoms with Crippen molar-refractivity contribution in [3.63, 3.8) is 0 Å². The zero-order valence-corrected chi connectivity index (χ0v) is 8.73. The zero-order valence-electron chi connectivity index (χ0n) is 8.73. The van der Waals surface area contributed by atoms with Crippen LogP contribution in [0.5, 0.6) is 0 Å². The Hall–Kier alpha value is -1.05. The molecule has 1 amide bonds. The molecular formula is C12H17NO. The number of hydrogen-bond acceptors (Lipinski definition) is 1. The summed E-state index contributed by atoms with van der Waals surface area (Å²) in [5.41, 5.74) is 3.85. The van der Waals surface area contributed by atoms with Gasteiger partial charge in [-0.1, -0.05) is 11.6 Å². The third-order valence-electron chi connectivity index (χ3n) is 3.01. The number of carbonyl (C=O) groups excluding carboxylic acids is 1. The van der Waals surface area contributed by atoms with Gasteiger partial charge in [-0.15, -0.1) is 0 Å². The molecule has 0 aromatic heterocycles. The number of allylic oxidation sites excluding steroid dienone is 3.